The molecule has 3 rings (SSSR count). The minimum atomic E-state index is -0.514. The monoisotopic (exact) mass is 350 g/mol. The number of nitrogens with zero attached hydrogens (tertiary/aromatic N) is 2. The van der Waals surface area contributed by atoms with E-state index in [0.717, 1.165) is 12.8 Å². The first-order valence-electron chi connectivity index (χ1n) is 8.30. The maximum atomic E-state index is 14.4. The number of esters is 1. The largest absolute Gasteiger partial charge is 0.461 e. The van der Waals surface area contributed by atoms with Gasteiger partial charge in [-0.3, -0.25) is 4.57 Å². The van der Waals surface area contributed by atoms with E-state index >= 15 is 0 Å². The molecule has 4 nitrogen and oxygen atoms in total. The molecule has 1 heterocycles. The van der Waals surface area contributed by atoms with Gasteiger partial charge < -0.3 is 4.74 Å². The van der Waals surface area contributed by atoms with Crippen LogP contribution in [0.3, 0.4) is 0 Å². The van der Waals surface area contributed by atoms with E-state index < -0.39 is 11.8 Å². The van der Waals surface area contributed by atoms with Crippen LogP contribution >= 0.6 is 11.6 Å². The summed E-state index contributed by atoms with van der Waals surface area (Å²) in [5.74, 6) is 0.181. The molecule has 1 saturated carbocycles. The molecule has 1 aliphatic rings. The van der Waals surface area contributed by atoms with Crippen molar-refractivity contribution >= 4 is 17.6 Å². The minimum absolute atomic E-state index is 0.0469. The van der Waals surface area contributed by atoms with Crippen LogP contribution in [0.1, 0.15) is 48.9 Å². The summed E-state index contributed by atoms with van der Waals surface area (Å²) in [6.45, 7) is 2.01. The Balaban J connectivity index is 2.01. The van der Waals surface area contributed by atoms with Crippen molar-refractivity contribution in [1.29, 1.82) is 0 Å². The topological polar surface area (TPSA) is 44.1 Å². The molecular weight excluding hydrogens is 331 g/mol. The van der Waals surface area contributed by atoms with Gasteiger partial charge in [-0.2, -0.15) is 0 Å². The highest BCUT2D eigenvalue weighted by atomic mass is 35.5. The average molecular weight is 351 g/mol. The molecule has 6 heteroatoms. The lowest BCUT2D eigenvalue weighted by Gasteiger charge is -2.12. The van der Waals surface area contributed by atoms with Crippen molar-refractivity contribution in [3.63, 3.8) is 0 Å². The molecule has 0 spiro atoms. The number of hydrogen-bond donors (Lipinski definition) is 0. The number of rotatable bonds is 5. The number of benzene rings is 1. The summed E-state index contributed by atoms with van der Waals surface area (Å²) >= 11 is 5.91. The fraction of sp³-hybridized carbons (Fsp3) is 0.444. The molecule has 1 aliphatic carbocycles. The van der Waals surface area contributed by atoms with Gasteiger partial charge in [0.1, 0.15) is 5.82 Å². The summed E-state index contributed by atoms with van der Waals surface area (Å²) in [5, 5.41) is 0.0469. The molecule has 0 bridgehead atoms. The van der Waals surface area contributed by atoms with E-state index in [1.807, 2.05) is 0 Å². The number of carbonyl (C=O) groups is 1. The lowest BCUT2D eigenvalue weighted by molar-refractivity contribution is 0.0520. The third kappa shape index (κ3) is 3.46. The first-order valence-corrected chi connectivity index (χ1v) is 8.67. The fourth-order valence-corrected chi connectivity index (χ4v) is 3.40. The van der Waals surface area contributed by atoms with Crippen LogP contribution in [0.2, 0.25) is 5.02 Å². The van der Waals surface area contributed by atoms with Crippen molar-refractivity contribution in [1.82, 2.24) is 9.55 Å². The second-order valence-corrected chi connectivity index (χ2v) is 6.47. The predicted molar refractivity (Wildman–Crippen MR) is 90.2 cm³/mol. The molecule has 0 unspecified atom stereocenters. The lowest BCUT2D eigenvalue weighted by atomic mass is 10.0. The van der Waals surface area contributed by atoms with Crippen LogP contribution in [0.4, 0.5) is 4.39 Å². The highest BCUT2D eigenvalue weighted by molar-refractivity contribution is 6.30. The van der Waals surface area contributed by atoms with E-state index in [2.05, 4.69) is 4.98 Å². The molecule has 24 heavy (non-hydrogen) atoms. The normalized spacial score (nSPS) is 15.0. The third-order valence-corrected chi connectivity index (χ3v) is 4.69. The molecule has 0 aliphatic heterocycles. The van der Waals surface area contributed by atoms with Gasteiger partial charge in [0.25, 0.3) is 0 Å². The highest BCUT2D eigenvalue weighted by Gasteiger charge is 2.23. The molecule has 0 amide bonds. The molecule has 2 aromatic rings. The Bertz CT molecular complexity index is 739. The molecule has 0 saturated heterocycles. The molecule has 0 N–H and O–H groups in total. The zero-order valence-electron chi connectivity index (χ0n) is 13.6. The van der Waals surface area contributed by atoms with Gasteiger partial charge in [-0.1, -0.05) is 43.4 Å². The molecule has 1 fully saturated rings. The SMILES string of the molecule is CCOC(=O)c1cn(-c2cccc(Cl)c2F)c(CC2CCCC2)n1. The number of ether oxygens (including phenoxy) is 1. The Morgan fingerprint density at radius 2 is 2.17 bits per heavy atom. The lowest BCUT2D eigenvalue weighted by Crippen LogP contribution is -2.08. The Kier molecular flexibility index (Phi) is 5.19. The van der Waals surface area contributed by atoms with Crippen LogP contribution in [-0.4, -0.2) is 22.1 Å². The van der Waals surface area contributed by atoms with E-state index in [4.69, 9.17) is 16.3 Å². The minimum Gasteiger partial charge on any atom is -0.461 e. The van der Waals surface area contributed by atoms with Crippen LogP contribution in [0.25, 0.3) is 5.69 Å². The van der Waals surface area contributed by atoms with Crippen LogP contribution in [0, 0.1) is 11.7 Å². The number of halogens is 2. The summed E-state index contributed by atoms with van der Waals surface area (Å²) < 4.78 is 21.1. The zero-order valence-corrected chi connectivity index (χ0v) is 14.4. The van der Waals surface area contributed by atoms with Crippen molar-refractivity contribution in [2.75, 3.05) is 6.61 Å². The molecule has 128 valence electrons. The first kappa shape index (κ1) is 17.0. The first-order chi connectivity index (χ1) is 11.6. The van der Waals surface area contributed by atoms with Gasteiger partial charge in [0, 0.05) is 12.6 Å². The molecule has 0 radical (unpaired) electrons. The van der Waals surface area contributed by atoms with Crippen LogP contribution in [0.5, 0.6) is 0 Å². The Morgan fingerprint density at radius 1 is 1.42 bits per heavy atom. The Hall–Kier alpha value is -1.88. The molecule has 0 atom stereocenters. The van der Waals surface area contributed by atoms with Gasteiger partial charge in [-0.05, 0) is 25.0 Å². The van der Waals surface area contributed by atoms with E-state index in [0.29, 0.717) is 23.9 Å². The number of hydrogen-bond acceptors (Lipinski definition) is 3. The molecule has 1 aromatic heterocycles. The second kappa shape index (κ2) is 7.34. The maximum absolute atomic E-state index is 14.4. The summed E-state index contributed by atoms with van der Waals surface area (Å²) in [7, 11) is 0. The molecule has 1 aromatic carbocycles. The average Bonchev–Trinajstić information content (AvgIpc) is 3.21. The summed E-state index contributed by atoms with van der Waals surface area (Å²) in [5.41, 5.74) is 0.503. The van der Waals surface area contributed by atoms with E-state index in [9.17, 15) is 9.18 Å². The highest BCUT2D eigenvalue weighted by Crippen LogP contribution is 2.30. The summed E-state index contributed by atoms with van der Waals surface area (Å²) in [4.78, 5) is 16.4. The van der Waals surface area contributed by atoms with Gasteiger partial charge in [-0.15, -0.1) is 0 Å². The third-order valence-electron chi connectivity index (χ3n) is 4.40. The summed E-state index contributed by atoms with van der Waals surface area (Å²) in [6.07, 6.45) is 6.95. The van der Waals surface area contributed by atoms with E-state index in [1.165, 1.54) is 25.1 Å². The number of aromatic nitrogens is 2. The standard InChI is InChI=1S/C18H20ClFN2O2/c1-2-24-18(23)14-11-22(15-9-5-8-13(19)17(15)20)16(21-14)10-12-6-3-4-7-12/h5,8-9,11-12H,2-4,6-7,10H2,1H3. The number of imidazole rings is 1. The number of carbonyl (C=O) groups excluding carboxylic acids is 1. The Labute approximate surface area is 145 Å². The molecular formula is C18H20ClFN2O2. The fourth-order valence-electron chi connectivity index (χ4n) is 3.23. The quantitative estimate of drug-likeness (QED) is 0.742. The Morgan fingerprint density at radius 3 is 2.88 bits per heavy atom. The van der Waals surface area contributed by atoms with Crippen molar-refractivity contribution in [3.05, 3.63) is 46.8 Å². The van der Waals surface area contributed by atoms with Gasteiger partial charge in [0.05, 0.1) is 17.3 Å². The summed E-state index contributed by atoms with van der Waals surface area (Å²) in [6, 6.07) is 4.82. The zero-order chi connectivity index (χ0) is 17.1. The van der Waals surface area contributed by atoms with E-state index in [1.54, 1.807) is 23.6 Å². The predicted octanol–water partition coefficient (Wildman–Crippen LogP) is 4.57. The van der Waals surface area contributed by atoms with Crippen LogP contribution in [0.15, 0.2) is 24.4 Å². The van der Waals surface area contributed by atoms with Crippen LogP contribution < -0.4 is 0 Å². The van der Waals surface area contributed by atoms with E-state index in [-0.39, 0.29) is 17.3 Å². The van der Waals surface area contributed by atoms with Crippen molar-refractivity contribution in [2.24, 2.45) is 5.92 Å². The van der Waals surface area contributed by atoms with Gasteiger partial charge in [0.2, 0.25) is 0 Å². The maximum Gasteiger partial charge on any atom is 0.358 e. The van der Waals surface area contributed by atoms with Crippen molar-refractivity contribution < 1.29 is 13.9 Å². The van der Waals surface area contributed by atoms with Gasteiger partial charge >= 0.3 is 5.97 Å². The smallest absolute Gasteiger partial charge is 0.358 e. The van der Waals surface area contributed by atoms with Gasteiger partial charge in [-0.25, -0.2) is 14.2 Å². The van der Waals surface area contributed by atoms with Crippen molar-refractivity contribution in [2.45, 2.75) is 39.0 Å². The van der Waals surface area contributed by atoms with Crippen LogP contribution in [-0.2, 0) is 11.2 Å². The van der Waals surface area contributed by atoms with Crippen molar-refractivity contribution in [3.8, 4) is 5.69 Å². The van der Waals surface area contributed by atoms with Gasteiger partial charge in [0.15, 0.2) is 11.5 Å². The second-order valence-electron chi connectivity index (χ2n) is 6.06.